The van der Waals surface area contributed by atoms with E-state index in [2.05, 4.69) is 6.07 Å². The Morgan fingerprint density at radius 2 is 1.75 bits per heavy atom. The van der Waals surface area contributed by atoms with Crippen LogP contribution in [-0.2, 0) is 27.7 Å². The molecule has 0 aliphatic carbocycles. The molecule has 0 spiro atoms. The van der Waals surface area contributed by atoms with E-state index in [0.717, 1.165) is 0 Å². The van der Waals surface area contributed by atoms with Gasteiger partial charge in [-0.1, -0.05) is 30.3 Å². The first-order chi connectivity index (χ1) is 17.4. The smallest absolute Gasteiger partial charge is 0.338 e. The molecular weight excluding hydrogens is 480 g/mol. The quantitative estimate of drug-likeness (QED) is 0.372. The maximum atomic E-state index is 13.7. The Hall–Kier alpha value is -4.68. The van der Waals surface area contributed by atoms with Gasteiger partial charge in [0.25, 0.3) is 5.91 Å². The molecule has 8 nitrogen and oxygen atoms in total. The molecule has 2 heterocycles. The predicted molar refractivity (Wildman–Crippen MR) is 128 cm³/mol. The van der Waals surface area contributed by atoms with Crippen LogP contribution >= 0.6 is 0 Å². The van der Waals surface area contributed by atoms with Gasteiger partial charge in [0, 0.05) is 0 Å². The van der Waals surface area contributed by atoms with Crippen molar-refractivity contribution in [2.24, 2.45) is 0 Å². The van der Waals surface area contributed by atoms with E-state index in [1.54, 1.807) is 48.5 Å². The molecule has 0 radical (unpaired) electrons. The van der Waals surface area contributed by atoms with Crippen LogP contribution in [0.4, 0.5) is 5.69 Å². The Morgan fingerprint density at radius 1 is 0.972 bits per heavy atom. The van der Waals surface area contributed by atoms with E-state index in [9.17, 15) is 23.3 Å². The number of carbonyl (C=O) groups is 2. The second-order valence-electron chi connectivity index (χ2n) is 8.00. The lowest BCUT2D eigenvalue weighted by molar-refractivity contribution is 0.0445. The number of nitriles is 1. The number of sulfone groups is 1. The molecule has 0 fully saturated rings. The summed E-state index contributed by atoms with van der Waals surface area (Å²) in [5.74, 6) is -0.832. The van der Waals surface area contributed by atoms with Crippen molar-refractivity contribution in [3.8, 4) is 6.07 Å². The Balaban J connectivity index is 1.63. The van der Waals surface area contributed by atoms with Gasteiger partial charge in [0.15, 0.2) is 0 Å². The van der Waals surface area contributed by atoms with Crippen molar-refractivity contribution in [2.45, 2.75) is 22.9 Å². The van der Waals surface area contributed by atoms with Gasteiger partial charge >= 0.3 is 5.97 Å². The molecule has 9 heteroatoms. The molecule has 4 aromatic rings. The van der Waals surface area contributed by atoms with E-state index in [1.165, 1.54) is 41.5 Å². The van der Waals surface area contributed by atoms with Crippen LogP contribution in [0.15, 0.2) is 99.3 Å². The molecule has 0 N–H and O–H groups in total. The normalized spacial score (nSPS) is 13.8. The molecule has 0 bridgehead atoms. The minimum atomic E-state index is -4.10. The monoisotopic (exact) mass is 498 g/mol. The number of hydrogen-bond acceptors (Lipinski definition) is 7. The molecule has 0 saturated carbocycles. The third-order valence-electron chi connectivity index (χ3n) is 5.82. The minimum absolute atomic E-state index is 0.00471. The molecule has 36 heavy (non-hydrogen) atoms. The van der Waals surface area contributed by atoms with Gasteiger partial charge in [-0.2, -0.15) is 5.26 Å². The van der Waals surface area contributed by atoms with E-state index >= 15 is 0 Å². The first kappa shape index (κ1) is 23.1. The molecule has 0 atom stereocenters. The summed E-state index contributed by atoms with van der Waals surface area (Å²) in [5.41, 5.74) is 0.970. The summed E-state index contributed by atoms with van der Waals surface area (Å²) < 4.78 is 37.6. The number of nitrogens with zero attached hydrogens (tertiary/aromatic N) is 2. The standard InChI is InChI=1S/C27H18N2O6S/c28-15-19-6-1-2-7-20(19)16-29-23-14-18(27(31)35-17-21-8-5-13-34-21)11-12-25(23)36(32,33)24-10-4-3-9-22(24)26(29)30/h1-14H,16-17H2. The van der Waals surface area contributed by atoms with Gasteiger partial charge in [-0.25, -0.2) is 13.2 Å². The van der Waals surface area contributed by atoms with E-state index in [1.807, 2.05) is 0 Å². The van der Waals surface area contributed by atoms with Gasteiger partial charge in [0.05, 0.1) is 51.0 Å². The van der Waals surface area contributed by atoms with E-state index in [4.69, 9.17) is 9.15 Å². The van der Waals surface area contributed by atoms with Crippen molar-refractivity contribution >= 4 is 27.4 Å². The van der Waals surface area contributed by atoms with Crippen molar-refractivity contribution in [3.63, 3.8) is 0 Å². The number of anilines is 1. The maximum Gasteiger partial charge on any atom is 0.338 e. The average Bonchev–Trinajstić information content (AvgIpc) is 3.41. The second-order valence-corrected chi connectivity index (χ2v) is 9.88. The lowest BCUT2D eigenvalue weighted by Gasteiger charge is -2.24. The van der Waals surface area contributed by atoms with Crippen LogP contribution in [0.5, 0.6) is 0 Å². The van der Waals surface area contributed by atoms with Gasteiger partial charge in [0.1, 0.15) is 12.4 Å². The van der Waals surface area contributed by atoms with Crippen molar-refractivity contribution in [1.29, 1.82) is 5.26 Å². The summed E-state index contributed by atoms with van der Waals surface area (Å²) in [7, 11) is -4.10. The van der Waals surface area contributed by atoms with E-state index in [0.29, 0.717) is 16.9 Å². The van der Waals surface area contributed by atoms with Gasteiger partial charge in [-0.15, -0.1) is 0 Å². The zero-order chi connectivity index (χ0) is 25.3. The number of hydrogen-bond donors (Lipinski definition) is 0. The van der Waals surface area contributed by atoms with Crippen LogP contribution in [0.2, 0.25) is 0 Å². The molecule has 3 aromatic carbocycles. The molecule has 1 aliphatic rings. The lowest BCUT2D eigenvalue weighted by atomic mass is 10.1. The highest BCUT2D eigenvalue weighted by molar-refractivity contribution is 7.91. The van der Waals surface area contributed by atoms with E-state index in [-0.39, 0.29) is 39.8 Å². The van der Waals surface area contributed by atoms with Crippen LogP contribution in [-0.4, -0.2) is 20.3 Å². The van der Waals surface area contributed by atoms with Crippen LogP contribution in [0.25, 0.3) is 0 Å². The second kappa shape index (κ2) is 9.17. The predicted octanol–water partition coefficient (Wildman–Crippen LogP) is 4.50. The Kier molecular flexibility index (Phi) is 5.88. The van der Waals surface area contributed by atoms with Gasteiger partial charge in [0.2, 0.25) is 9.84 Å². The fourth-order valence-corrected chi connectivity index (χ4v) is 5.67. The molecule has 1 aromatic heterocycles. The third-order valence-corrected chi connectivity index (χ3v) is 7.68. The number of amides is 1. The molecule has 0 unspecified atom stereocenters. The summed E-state index contributed by atoms with van der Waals surface area (Å²) in [6, 6.07) is 22.1. The summed E-state index contributed by atoms with van der Waals surface area (Å²) in [4.78, 5) is 27.5. The molecule has 0 saturated heterocycles. The number of fused-ring (bicyclic) bond motifs is 2. The highest BCUT2D eigenvalue weighted by Crippen LogP contribution is 2.38. The van der Waals surface area contributed by atoms with Crippen LogP contribution in [0, 0.1) is 11.3 Å². The molecule has 5 rings (SSSR count). The summed E-state index contributed by atoms with van der Waals surface area (Å²) in [5, 5.41) is 9.54. The Morgan fingerprint density at radius 3 is 2.53 bits per heavy atom. The summed E-state index contributed by atoms with van der Waals surface area (Å²) in [6.45, 7) is -0.185. The van der Waals surface area contributed by atoms with E-state index < -0.39 is 21.7 Å². The first-order valence-electron chi connectivity index (χ1n) is 10.9. The van der Waals surface area contributed by atoms with Crippen molar-refractivity contribution in [3.05, 3.63) is 113 Å². The first-order valence-corrected chi connectivity index (χ1v) is 12.4. The van der Waals surface area contributed by atoms with Crippen LogP contribution in [0.3, 0.4) is 0 Å². The molecular formula is C27H18N2O6S. The average molecular weight is 499 g/mol. The number of furan rings is 1. The number of carbonyl (C=O) groups excluding carboxylic acids is 2. The number of ether oxygens (including phenoxy) is 1. The lowest BCUT2D eigenvalue weighted by Crippen LogP contribution is -2.31. The number of esters is 1. The molecule has 1 amide bonds. The van der Waals surface area contributed by atoms with Crippen molar-refractivity contribution < 1.29 is 27.2 Å². The van der Waals surface area contributed by atoms with Gasteiger partial charge in [-0.3, -0.25) is 4.79 Å². The van der Waals surface area contributed by atoms with Crippen LogP contribution in [0.1, 0.15) is 37.6 Å². The molecule has 1 aliphatic heterocycles. The zero-order valence-corrected chi connectivity index (χ0v) is 19.6. The summed E-state index contributed by atoms with van der Waals surface area (Å²) >= 11 is 0. The maximum absolute atomic E-state index is 13.7. The number of rotatable bonds is 5. The number of benzene rings is 3. The zero-order valence-electron chi connectivity index (χ0n) is 18.7. The fraction of sp³-hybridized carbons (Fsp3) is 0.0741. The van der Waals surface area contributed by atoms with Crippen molar-refractivity contribution in [1.82, 2.24) is 0 Å². The van der Waals surface area contributed by atoms with Gasteiger partial charge in [-0.05, 0) is 54.1 Å². The SMILES string of the molecule is N#Cc1ccccc1CN1C(=O)c2ccccc2S(=O)(=O)c2ccc(C(=O)OCc3ccco3)cc21. The Labute approximate surface area is 206 Å². The molecule has 178 valence electrons. The third kappa shape index (κ3) is 4.04. The summed E-state index contributed by atoms with van der Waals surface area (Å²) in [6.07, 6.45) is 1.46. The highest BCUT2D eigenvalue weighted by atomic mass is 32.2. The van der Waals surface area contributed by atoms with Gasteiger partial charge < -0.3 is 14.1 Å². The largest absolute Gasteiger partial charge is 0.466 e. The minimum Gasteiger partial charge on any atom is -0.466 e. The fourth-order valence-electron chi connectivity index (χ4n) is 4.04. The Bertz CT molecular complexity index is 1630. The van der Waals surface area contributed by atoms with Crippen LogP contribution < -0.4 is 4.90 Å². The topological polar surface area (TPSA) is 118 Å². The van der Waals surface area contributed by atoms with Crippen molar-refractivity contribution in [2.75, 3.05) is 4.90 Å². The highest BCUT2D eigenvalue weighted by Gasteiger charge is 2.36.